The highest BCUT2D eigenvalue weighted by atomic mass is 16.2. The number of carbonyl (C=O) groups excluding carboxylic acids is 2. The van der Waals surface area contributed by atoms with E-state index in [1.165, 1.54) is 0 Å². The van der Waals surface area contributed by atoms with Gasteiger partial charge in [-0.3, -0.25) is 4.79 Å². The molecule has 0 saturated carbocycles. The Kier molecular flexibility index (Phi) is 5.60. The van der Waals surface area contributed by atoms with Gasteiger partial charge >= 0.3 is 6.03 Å². The van der Waals surface area contributed by atoms with Crippen molar-refractivity contribution in [1.82, 2.24) is 9.80 Å². The topological polar surface area (TPSA) is 52.7 Å². The van der Waals surface area contributed by atoms with Gasteiger partial charge in [0, 0.05) is 38.3 Å². The van der Waals surface area contributed by atoms with E-state index in [0.717, 1.165) is 18.5 Å². The van der Waals surface area contributed by atoms with Gasteiger partial charge < -0.3 is 15.1 Å². The molecule has 2 rings (SSSR count). The second-order valence-electron chi connectivity index (χ2n) is 5.27. The van der Waals surface area contributed by atoms with E-state index in [1.807, 2.05) is 35.2 Å². The first-order chi connectivity index (χ1) is 10.2. The van der Waals surface area contributed by atoms with Crippen molar-refractivity contribution >= 4 is 17.6 Å². The van der Waals surface area contributed by atoms with E-state index in [9.17, 15) is 9.59 Å². The Labute approximate surface area is 125 Å². The molecule has 114 valence electrons. The largest absolute Gasteiger partial charge is 0.339 e. The molecule has 3 amide bonds. The molecule has 0 spiro atoms. The summed E-state index contributed by atoms with van der Waals surface area (Å²) in [4.78, 5) is 27.7. The summed E-state index contributed by atoms with van der Waals surface area (Å²) in [6.45, 7) is 4.53. The quantitative estimate of drug-likeness (QED) is 0.926. The van der Waals surface area contributed by atoms with Crippen LogP contribution in [0.1, 0.15) is 26.2 Å². The molecule has 1 aromatic rings. The molecular formula is C16H23N3O2. The number of unbranched alkanes of at least 4 members (excludes halogenated alkanes) is 1. The van der Waals surface area contributed by atoms with Crippen LogP contribution in [-0.4, -0.2) is 47.9 Å². The zero-order chi connectivity index (χ0) is 15.1. The number of rotatable bonds is 4. The molecule has 5 nitrogen and oxygen atoms in total. The molecule has 21 heavy (non-hydrogen) atoms. The van der Waals surface area contributed by atoms with Crippen molar-refractivity contribution in [2.45, 2.75) is 26.2 Å². The first-order valence-corrected chi connectivity index (χ1v) is 7.59. The molecule has 1 heterocycles. The molecule has 0 aliphatic carbocycles. The van der Waals surface area contributed by atoms with Crippen LogP contribution in [0.3, 0.4) is 0 Å². The third-order valence-corrected chi connectivity index (χ3v) is 3.69. The van der Waals surface area contributed by atoms with Crippen molar-refractivity contribution in [3.05, 3.63) is 30.3 Å². The summed E-state index contributed by atoms with van der Waals surface area (Å²) in [5.41, 5.74) is 0.795. The van der Waals surface area contributed by atoms with E-state index < -0.39 is 0 Å². The van der Waals surface area contributed by atoms with Crippen LogP contribution < -0.4 is 5.32 Å². The van der Waals surface area contributed by atoms with Crippen LogP contribution in [0.25, 0.3) is 0 Å². The second-order valence-corrected chi connectivity index (χ2v) is 5.27. The van der Waals surface area contributed by atoms with Crippen molar-refractivity contribution in [3.8, 4) is 0 Å². The first-order valence-electron chi connectivity index (χ1n) is 7.59. The van der Waals surface area contributed by atoms with Crippen molar-refractivity contribution < 1.29 is 9.59 Å². The van der Waals surface area contributed by atoms with Gasteiger partial charge in [-0.15, -0.1) is 0 Å². The number of nitrogens with zero attached hydrogens (tertiary/aromatic N) is 2. The van der Waals surface area contributed by atoms with Crippen LogP contribution >= 0.6 is 0 Å². The number of piperazine rings is 1. The molecule has 0 aromatic heterocycles. The molecule has 1 fully saturated rings. The lowest BCUT2D eigenvalue weighted by molar-refractivity contribution is -0.132. The molecule has 0 atom stereocenters. The molecular weight excluding hydrogens is 266 g/mol. The highest BCUT2D eigenvalue weighted by molar-refractivity contribution is 5.89. The molecule has 1 aliphatic rings. The monoisotopic (exact) mass is 289 g/mol. The highest BCUT2D eigenvalue weighted by Gasteiger charge is 2.23. The van der Waals surface area contributed by atoms with E-state index in [1.54, 1.807) is 4.90 Å². The van der Waals surface area contributed by atoms with Gasteiger partial charge in [0.15, 0.2) is 0 Å². The van der Waals surface area contributed by atoms with Gasteiger partial charge in [0.2, 0.25) is 5.91 Å². The number of benzene rings is 1. The molecule has 0 radical (unpaired) electrons. The zero-order valence-electron chi connectivity index (χ0n) is 12.5. The number of para-hydroxylation sites is 1. The van der Waals surface area contributed by atoms with Gasteiger partial charge in [-0.1, -0.05) is 31.5 Å². The van der Waals surface area contributed by atoms with E-state index in [4.69, 9.17) is 0 Å². The summed E-state index contributed by atoms with van der Waals surface area (Å²) in [6.07, 6.45) is 2.59. The Hall–Kier alpha value is -2.04. The molecule has 5 heteroatoms. The Morgan fingerprint density at radius 3 is 2.29 bits per heavy atom. The van der Waals surface area contributed by atoms with Crippen LogP contribution in [0, 0.1) is 0 Å². The maximum Gasteiger partial charge on any atom is 0.321 e. The van der Waals surface area contributed by atoms with Crippen molar-refractivity contribution in [2.24, 2.45) is 0 Å². The normalized spacial score (nSPS) is 14.9. The van der Waals surface area contributed by atoms with E-state index in [2.05, 4.69) is 12.2 Å². The number of hydrogen-bond donors (Lipinski definition) is 1. The van der Waals surface area contributed by atoms with Crippen LogP contribution in [0.15, 0.2) is 30.3 Å². The summed E-state index contributed by atoms with van der Waals surface area (Å²) >= 11 is 0. The number of anilines is 1. The van der Waals surface area contributed by atoms with Gasteiger partial charge in [0.1, 0.15) is 0 Å². The summed E-state index contributed by atoms with van der Waals surface area (Å²) in [5.74, 6) is 0.208. The number of hydrogen-bond acceptors (Lipinski definition) is 2. The fourth-order valence-corrected chi connectivity index (χ4v) is 2.37. The van der Waals surface area contributed by atoms with Crippen LogP contribution in [0.4, 0.5) is 10.5 Å². The third kappa shape index (κ3) is 4.48. The molecule has 1 aliphatic heterocycles. The maximum atomic E-state index is 12.1. The van der Waals surface area contributed by atoms with Gasteiger partial charge in [0.25, 0.3) is 0 Å². The SMILES string of the molecule is CCCCC(=O)N1CCN(C(=O)Nc2ccccc2)CC1. The van der Waals surface area contributed by atoms with Crippen LogP contribution in [0.5, 0.6) is 0 Å². The van der Waals surface area contributed by atoms with E-state index in [-0.39, 0.29) is 11.9 Å². The van der Waals surface area contributed by atoms with Gasteiger partial charge in [0.05, 0.1) is 0 Å². The van der Waals surface area contributed by atoms with Crippen molar-refractivity contribution in [1.29, 1.82) is 0 Å². The van der Waals surface area contributed by atoms with Crippen molar-refractivity contribution in [2.75, 3.05) is 31.5 Å². The van der Waals surface area contributed by atoms with Gasteiger partial charge in [-0.2, -0.15) is 0 Å². The maximum absolute atomic E-state index is 12.1. The Morgan fingerprint density at radius 2 is 1.67 bits per heavy atom. The Morgan fingerprint density at radius 1 is 1.05 bits per heavy atom. The number of urea groups is 1. The lowest BCUT2D eigenvalue weighted by atomic mass is 10.2. The standard InChI is InChI=1S/C16H23N3O2/c1-2-3-9-15(20)18-10-12-19(13-11-18)16(21)17-14-7-5-4-6-8-14/h4-8H,2-3,9-13H2,1H3,(H,17,21). The summed E-state index contributed by atoms with van der Waals surface area (Å²) in [5, 5.41) is 2.87. The number of nitrogens with one attached hydrogen (secondary N) is 1. The molecule has 1 saturated heterocycles. The predicted octanol–water partition coefficient (Wildman–Crippen LogP) is 2.55. The second kappa shape index (κ2) is 7.67. The average molecular weight is 289 g/mol. The van der Waals surface area contributed by atoms with Gasteiger partial charge in [-0.05, 0) is 18.6 Å². The van der Waals surface area contributed by atoms with Gasteiger partial charge in [-0.25, -0.2) is 4.79 Å². The lowest BCUT2D eigenvalue weighted by Crippen LogP contribution is -2.51. The summed E-state index contributed by atoms with van der Waals surface area (Å²) in [6, 6.07) is 9.32. The number of carbonyl (C=O) groups is 2. The fraction of sp³-hybridized carbons (Fsp3) is 0.500. The first kappa shape index (κ1) is 15.4. The molecule has 1 N–H and O–H groups in total. The van der Waals surface area contributed by atoms with Crippen LogP contribution in [-0.2, 0) is 4.79 Å². The lowest BCUT2D eigenvalue weighted by Gasteiger charge is -2.34. The average Bonchev–Trinajstić information content (AvgIpc) is 2.53. The Balaban J connectivity index is 1.78. The summed E-state index contributed by atoms with van der Waals surface area (Å²) < 4.78 is 0. The summed E-state index contributed by atoms with van der Waals surface area (Å²) in [7, 11) is 0. The smallest absolute Gasteiger partial charge is 0.321 e. The highest BCUT2D eigenvalue weighted by Crippen LogP contribution is 2.10. The fourth-order valence-electron chi connectivity index (χ4n) is 2.37. The van der Waals surface area contributed by atoms with Crippen LogP contribution in [0.2, 0.25) is 0 Å². The minimum Gasteiger partial charge on any atom is -0.339 e. The molecule has 1 aromatic carbocycles. The van der Waals surface area contributed by atoms with E-state index in [0.29, 0.717) is 32.6 Å². The zero-order valence-corrected chi connectivity index (χ0v) is 12.5. The van der Waals surface area contributed by atoms with E-state index >= 15 is 0 Å². The minimum absolute atomic E-state index is 0.0955. The minimum atomic E-state index is -0.0955. The number of amides is 3. The third-order valence-electron chi connectivity index (χ3n) is 3.69. The molecule has 0 unspecified atom stereocenters. The Bertz CT molecular complexity index is 468. The molecule has 0 bridgehead atoms. The van der Waals surface area contributed by atoms with Crippen molar-refractivity contribution in [3.63, 3.8) is 0 Å². The predicted molar refractivity (Wildman–Crippen MR) is 83.1 cm³/mol.